The van der Waals surface area contributed by atoms with Crippen molar-refractivity contribution in [2.75, 3.05) is 26.2 Å². The summed E-state index contributed by atoms with van der Waals surface area (Å²) in [7, 11) is 0. The van der Waals surface area contributed by atoms with Crippen molar-refractivity contribution < 1.29 is 4.79 Å². The van der Waals surface area contributed by atoms with Gasteiger partial charge in [-0.25, -0.2) is 0 Å². The molecule has 0 aromatic carbocycles. The zero-order chi connectivity index (χ0) is 11.3. The molecule has 1 heterocycles. The van der Waals surface area contributed by atoms with Crippen LogP contribution in [-0.4, -0.2) is 41.8 Å². The molecule has 1 atom stereocenters. The molecule has 0 saturated carbocycles. The summed E-state index contributed by atoms with van der Waals surface area (Å²) < 4.78 is 0. The fourth-order valence-electron chi connectivity index (χ4n) is 1.76. The molecule has 15 heavy (non-hydrogen) atoms. The fraction of sp³-hybridized carbons (Fsp3) is 0.909. The molecular formula is C11H21BrN2O. The van der Waals surface area contributed by atoms with Gasteiger partial charge in [-0.1, -0.05) is 22.9 Å². The van der Waals surface area contributed by atoms with E-state index in [-0.39, 0.29) is 10.7 Å². The first kappa shape index (κ1) is 13.0. The Hall–Kier alpha value is -0.0900. The number of hydrogen-bond donors (Lipinski definition) is 1. The second-order valence-electron chi connectivity index (χ2n) is 4.43. The number of carbonyl (C=O) groups is 1. The average Bonchev–Trinajstić information content (AvgIpc) is 2.20. The van der Waals surface area contributed by atoms with E-state index in [1.165, 1.54) is 25.9 Å². The highest BCUT2D eigenvalue weighted by molar-refractivity contribution is 9.10. The highest BCUT2D eigenvalue weighted by Crippen LogP contribution is 2.15. The molecule has 1 amide bonds. The van der Waals surface area contributed by atoms with Gasteiger partial charge in [0.1, 0.15) is 0 Å². The summed E-state index contributed by atoms with van der Waals surface area (Å²) in [6.07, 6.45) is 2.59. The van der Waals surface area contributed by atoms with Crippen LogP contribution in [0.2, 0.25) is 0 Å². The largest absolute Gasteiger partial charge is 0.354 e. The molecule has 1 rings (SSSR count). The lowest BCUT2D eigenvalue weighted by Crippen LogP contribution is -2.40. The summed E-state index contributed by atoms with van der Waals surface area (Å²) in [5.74, 6) is 0.957. The Kier molecular flexibility index (Phi) is 5.61. The van der Waals surface area contributed by atoms with Crippen molar-refractivity contribution >= 4 is 21.8 Å². The van der Waals surface area contributed by atoms with Gasteiger partial charge in [0.15, 0.2) is 0 Å². The minimum absolute atomic E-state index is 0.0837. The first-order valence-electron chi connectivity index (χ1n) is 5.73. The maximum Gasteiger partial charge on any atom is 0.233 e. The molecule has 1 N–H and O–H groups in total. The first-order valence-corrected chi connectivity index (χ1v) is 6.65. The van der Waals surface area contributed by atoms with E-state index in [4.69, 9.17) is 0 Å². The second-order valence-corrected chi connectivity index (χ2v) is 5.80. The van der Waals surface area contributed by atoms with Crippen LogP contribution in [-0.2, 0) is 4.79 Å². The standard InChI is InChI=1S/C11H21BrN2O/c1-9-3-6-14(7-4-9)8-5-13-11(15)10(2)12/h9-10H,3-8H2,1-2H3,(H,13,15). The highest BCUT2D eigenvalue weighted by Gasteiger charge is 2.15. The highest BCUT2D eigenvalue weighted by atomic mass is 79.9. The summed E-state index contributed by atoms with van der Waals surface area (Å²) in [6.45, 7) is 8.27. The number of likely N-dealkylation sites (tertiary alicyclic amines) is 1. The summed E-state index contributed by atoms with van der Waals surface area (Å²) in [6, 6.07) is 0. The van der Waals surface area contributed by atoms with Crippen LogP contribution in [0, 0.1) is 5.92 Å². The van der Waals surface area contributed by atoms with Crippen molar-refractivity contribution in [1.82, 2.24) is 10.2 Å². The van der Waals surface area contributed by atoms with Gasteiger partial charge in [0.2, 0.25) is 5.91 Å². The Morgan fingerprint density at radius 2 is 2.13 bits per heavy atom. The molecule has 1 aliphatic rings. The lowest BCUT2D eigenvalue weighted by Gasteiger charge is -2.30. The first-order chi connectivity index (χ1) is 7.09. The van der Waals surface area contributed by atoms with E-state index in [9.17, 15) is 4.79 Å². The van der Waals surface area contributed by atoms with Gasteiger partial charge >= 0.3 is 0 Å². The molecule has 0 aliphatic carbocycles. The van der Waals surface area contributed by atoms with Crippen molar-refractivity contribution in [2.45, 2.75) is 31.5 Å². The van der Waals surface area contributed by atoms with Crippen LogP contribution in [0.15, 0.2) is 0 Å². The zero-order valence-electron chi connectivity index (χ0n) is 9.63. The number of piperidine rings is 1. The van der Waals surface area contributed by atoms with E-state index in [1.807, 2.05) is 6.92 Å². The third-order valence-electron chi connectivity index (χ3n) is 2.96. The SMILES string of the molecule is CC1CCN(CCNC(=O)C(C)Br)CC1. The van der Waals surface area contributed by atoms with E-state index >= 15 is 0 Å². The van der Waals surface area contributed by atoms with Crippen LogP contribution in [0.3, 0.4) is 0 Å². The van der Waals surface area contributed by atoms with Crippen molar-refractivity contribution in [2.24, 2.45) is 5.92 Å². The summed E-state index contributed by atoms with van der Waals surface area (Å²) in [4.78, 5) is 13.6. The van der Waals surface area contributed by atoms with Gasteiger partial charge in [0.05, 0.1) is 4.83 Å². The molecule has 4 heteroatoms. The van der Waals surface area contributed by atoms with Gasteiger partial charge in [-0.15, -0.1) is 0 Å². The maximum absolute atomic E-state index is 11.3. The van der Waals surface area contributed by atoms with Crippen LogP contribution in [0.1, 0.15) is 26.7 Å². The monoisotopic (exact) mass is 276 g/mol. The van der Waals surface area contributed by atoms with Crippen molar-refractivity contribution in [3.8, 4) is 0 Å². The normalized spacial score (nSPS) is 21.3. The lowest BCUT2D eigenvalue weighted by atomic mass is 9.99. The number of nitrogens with zero attached hydrogens (tertiary/aromatic N) is 1. The van der Waals surface area contributed by atoms with Crippen LogP contribution in [0.4, 0.5) is 0 Å². The van der Waals surface area contributed by atoms with Gasteiger partial charge < -0.3 is 10.2 Å². The molecule has 0 aromatic rings. The van der Waals surface area contributed by atoms with E-state index < -0.39 is 0 Å². The number of alkyl halides is 1. The van der Waals surface area contributed by atoms with Gasteiger partial charge in [-0.3, -0.25) is 4.79 Å². The smallest absolute Gasteiger partial charge is 0.233 e. The van der Waals surface area contributed by atoms with Crippen LogP contribution in [0.25, 0.3) is 0 Å². The molecule has 1 unspecified atom stereocenters. The quantitative estimate of drug-likeness (QED) is 0.792. The third kappa shape index (κ3) is 4.98. The van der Waals surface area contributed by atoms with Crippen molar-refractivity contribution in [3.05, 3.63) is 0 Å². The minimum atomic E-state index is -0.0844. The Bertz CT molecular complexity index is 201. The van der Waals surface area contributed by atoms with E-state index in [2.05, 4.69) is 33.1 Å². The Balaban J connectivity index is 2.08. The number of amides is 1. The molecule has 0 bridgehead atoms. The molecular weight excluding hydrogens is 256 g/mol. The Labute approximate surface area is 101 Å². The van der Waals surface area contributed by atoms with Crippen LogP contribution >= 0.6 is 15.9 Å². The number of carbonyl (C=O) groups excluding carboxylic acids is 1. The lowest BCUT2D eigenvalue weighted by molar-refractivity contribution is -0.120. The Morgan fingerprint density at radius 1 is 1.53 bits per heavy atom. The van der Waals surface area contributed by atoms with Gasteiger partial charge in [0.25, 0.3) is 0 Å². The number of halogens is 1. The second kappa shape index (κ2) is 6.48. The fourth-order valence-corrected chi connectivity index (χ4v) is 1.93. The molecule has 3 nitrogen and oxygen atoms in total. The predicted octanol–water partition coefficient (Wildman–Crippen LogP) is 1.62. The molecule has 0 aromatic heterocycles. The molecule has 88 valence electrons. The minimum Gasteiger partial charge on any atom is -0.354 e. The molecule has 0 spiro atoms. The molecule has 1 fully saturated rings. The number of hydrogen-bond acceptors (Lipinski definition) is 2. The number of rotatable bonds is 4. The maximum atomic E-state index is 11.3. The van der Waals surface area contributed by atoms with Gasteiger partial charge in [-0.05, 0) is 38.8 Å². The number of nitrogens with one attached hydrogen (secondary N) is 1. The van der Waals surface area contributed by atoms with Crippen LogP contribution < -0.4 is 5.32 Å². The summed E-state index contributed by atoms with van der Waals surface area (Å²) >= 11 is 3.25. The third-order valence-corrected chi connectivity index (χ3v) is 3.38. The van der Waals surface area contributed by atoms with E-state index in [0.717, 1.165) is 19.0 Å². The van der Waals surface area contributed by atoms with E-state index in [0.29, 0.717) is 0 Å². The molecule has 1 saturated heterocycles. The van der Waals surface area contributed by atoms with Gasteiger partial charge in [0, 0.05) is 13.1 Å². The van der Waals surface area contributed by atoms with Gasteiger partial charge in [-0.2, -0.15) is 0 Å². The summed E-state index contributed by atoms with van der Waals surface area (Å²) in [5.41, 5.74) is 0. The zero-order valence-corrected chi connectivity index (χ0v) is 11.2. The predicted molar refractivity (Wildman–Crippen MR) is 66.2 cm³/mol. The van der Waals surface area contributed by atoms with Crippen molar-refractivity contribution in [3.63, 3.8) is 0 Å². The average molecular weight is 277 g/mol. The molecule has 1 aliphatic heterocycles. The van der Waals surface area contributed by atoms with Crippen LogP contribution in [0.5, 0.6) is 0 Å². The topological polar surface area (TPSA) is 32.3 Å². The van der Waals surface area contributed by atoms with Crippen molar-refractivity contribution in [1.29, 1.82) is 0 Å². The Morgan fingerprint density at radius 3 is 2.67 bits per heavy atom. The molecule has 0 radical (unpaired) electrons. The summed E-state index contributed by atoms with van der Waals surface area (Å²) in [5, 5.41) is 2.91. The van der Waals surface area contributed by atoms with E-state index in [1.54, 1.807) is 0 Å².